The summed E-state index contributed by atoms with van der Waals surface area (Å²) in [5, 5.41) is 3.73. The van der Waals surface area contributed by atoms with Crippen LogP contribution in [0.3, 0.4) is 0 Å². The van der Waals surface area contributed by atoms with Crippen LogP contribution in [0, 0.1) is 34.5 Å². The predicted octanol–water partition coefficient (Wildman–Crippen LogP) is 6.39. The van der Waals surface area contributed by atoms with Gasteiger partial charge in [0.05, 0.1) is 11.5 Å². The number of carbonyl (C=O) groups excluding carboxylic acids is 2. The molecule has 4 aliphatic carbocycles. The van der Waals surface area contributed by atoms with E-state index in [4.69, 9.17) is 4.43 Å². The van der Waals surface area contributed by atoms with E-state index in [1.165, 1.54) is 33.0 Å². The van der Waals surface area contributed by atoms with Crippen LogP contribution in [0.1, 0.15) is 65.7 Å². The molecule has 3 aromatic rings. The molecule has 43 heavy (non-hydrogen) atoms. The van der Waals surface area contributed by atoms with E-state index in [0.29, 0.717) is 23.5 Å². The highest BCUT2D eigenvalue weighted by molar-refractivity contribution is 7.07. The van der Waals surface area contributed by atoms with Gasteiger partial charge in [-0.05, 0) is 90.3 Å². The van der Waals surface area contributed by atoms with Crippen LogP contribution < -0.4 is 15.6 Å². The predicted molar refractivity (Wildman–Crippen MR) is 175 cm³/mol. The van der Waals surface area contributed by atoms with Gasteiger partial charge < -0.3 is 9.22 Å². The van der Waals surface area contributed by atoms with Crippen molar-refractivity contribution in [3.05, 3.63) is 102 Å². The first-order valence-corrected chi connectivity index (χ1v) is 18.3. The lowest BCUT2D eigenvalue weighted by Crippen LogP contribution is -2.71. The highest BCUT2D eigenvalue weighted by Gasteiger charge is 2.63. The standard InChI is InChI=1S/C39H44O3Si/c1-27-25-36(28(2)33-20-19-32-34-21-22-37(41)38(34,3)24-23-35(32)39(27,33)26-40)42-43(29-13-7-4-8-14-29,30-15-9-5-10-16-30)31-17-11-6-12-18-31/h4-18,26-27,32,34-36H,19-25H2,1-3H3/t27?,32-,34-,35-,36-,38-,39-/m0/s1. The van der Waals surface area contributed by atoms with Crippen molar-refractivity contribution in [1.82, 2.24) is 0 Å². The summed E-state index contributed by atoms with van der Waals surface area (Å²) in [5.74, 6) is 1.84. The minimum atomic E-state index is -2.90. The second-order valence-corrected chi connectivity index (χ2v) is 17.4. The fourth-order valence-electron chi connectivity index (χ4n) is 10.2. The maximum absolute atomic E-state index is 13.5. The van der Waals surface area contributed by atoms with E-state index in [9.17, 15) is 9.59 Å². The Morgan fingerprint density at radius 1 is 0.791 bits per heavy atom. The molecule has 3 saturated carbocycles. The molecule has 1 unspecified atom stereocenters. The first-order chi connectivity index (χ1) is 20.9. The van der Waals surface area contributed by atoms with E-state index in [0.717, 1.165) is 44.9 Å². The van der Waals surface area contributed by atoms with Crippen LogP contribution in [0.15, 0.2) is 102 Å². The molecule has 7 atom stereocenters. The fourth-order valence-corrected chi connectivity index (χ4v) is 14.3. The van der Waals surface area contributed by atoms with Gasteiger partial charge in [0.15, 0.2) is 0 Å². The van der Waals surface area contributed by atoms with Gasteiger partial charge in [-0.15, -0.1) is 0 Å². The van der Waals surface area contributed by atoms with Gasteiger partial charge in [0.1, 0.15) is 12.1 Å². The van der Waals surface area contributed by atoms with Crippen LogP contribution >= 0.6 is 0 Å². The summed E-state index contributed by atoms with van der Waals surface area (Å²) in [6.07, 6.45) is 7.76. The molecular formula is C39H44O3Si. The molecule has 0 aromatic heterocycles. The number of hydrogen-bond donors (Lipinski definition) is 0. The Morgan fingerprint density at radius 3 is 1.88 bits per heavy atom. The molecule has 3 fully saturated rings. The van der Waals surface area contributed by atoms with Crippen LogP contribution in [0.25, 0.3) is 0 Å². The van der Waals surface area contributed by atoms with Crippen molar-refractivity contribution in [2.75, 3.05) is 0 Å². The number of Topliss-reactive ketones (excluding diaryl/α,β-unsaturated/α-hetero) is 1. The monoisotopic (exact) mass is 588 g/mol. The molecular weight excluding hydrogens is 545 g/mol. The van der Waals surface area contributed by atoms with Gasteiger partial charge in [-0.1, -0.05) is 110 Å². The normalized spacial score (nSPS) is 33.8. The SMILES string of the molecule is CC1=C2CC[C@H]3[C@@H]4CCC(=O)[C@@]4(C)CC[C@@H]3[C@@]2(C=O)C(C)C[C@@H]1O[Si](c1ccccc1)(c1ccccc1)c1ccccc1. The van der Waals surface area contributed by atoms with E-state index in [1.54, 1.807) is 0 Å². The number of aldehydes is 1. The van der Waals surface area contributed by atoms with Gasteiger partial charge in [-0.2, -0.15) is 0 Å². The maximum Gasteiger partial charge on any atom is 0.288 e. The molecule has 0 aliphatic heterocycles. The zero-order chi connectivity index (χ0) is 29.8. The van der Waals surface area contributed by atoms with Gasteiger partial charge in [0.25, 0.3) is 8.32 Å². The summed E-state index contributed by atoms with van der Waals surface area (Å²) in [6.45, 7) is 6.79. The van der Waals surface area contributed by atoms with E-state index < -0.39 is 13.7 Å². The molecule has 3 aromatic carbocycles. The number of benzene rings is 3. The number of carbonyl (C=O) groups is 2. The Hall–Kier alpha value is -3.08. The number of fused-ring (bicyclic) bond motifs is 5. The first kappa shape index (κ1) is 28.7. The Labute approximate surface area is 257 Å². The van der Waals surface area contributed by atoms with Crippen molar-refractivity contribution in [2.45, 2.75) is 71.8 Å². The number of rotatable bonds is 6. The van der Waals surface area contributed by atoms with Crippen molar-refractivity contribution in [3.63, 3.8) is 0 Å². The Morgan fingerprint density at radius 2 is 1.35 bits per heavy atom. The second-order valence-electron chi connectivity index (χ2n) is 14.1. The van der Waals surface area contributed by atoms with Gasteiger partial charge in [0.2, 0.25) is 0 Å². The van der Waals surface area contributed by atoms with Crippen molar-refractivity contribution in [1.29, 1.82) is 0 Å². The Balaban J connectivity index is 1.34. The van der Waals surface area contributed by atoms with Crippen molar-refractivity contribution in [3.8, 4) is 0 Å². The average molecular weight is 589 g/mol. The van der Waals surface area contributed by atoms with E-state index in [2.05, 4.69) is 112 Å². The molecule has 0 amide bonds. The van der Waals surface area contributed by atoms with Crippen molar-refractivity contribution < 1.29 is 14.0 Å². The highest BCUT2D eigenvalue weighted by atomic mass is 28.4. The lowest BCUT2D eigenvalue weighted by molar-refractivity contribution is -0.139. The quantitative estimate of drug-likeness (QED) is 0.145. The third kappa shape index (κ3) is 4.16. The Bertz CT molecular complexity index is 1440. The fraction of sp³-hybridized carbons (Fsp3) is 0.436. The van der Waals surface area contributed by atoms with Crippen LogP contribution in [0.4, 0.5) is 0 Å². The molecule has 0 saturated heterocycles. The smallest absolute Gasteiger partial charge is 0.288 e. The summed E-state index contributed by atoms with van der Waals surface area (Å²) in [6, 6.07) is 32.5. The van der Waals surface area contributed by atoms with Gasteiger partial charge in [-0.3, -0.25) is 4.79 Å². The molecule has 7 rings (SSSR count). The molecule has 0 spiro atoms. The topological polar surface area (TPSA) is 43.4 Å². The third-order valence-electron chi connectivity index (χ3n) is 12.4. The molecule has 0 N–H and O–H groups in total. The van der Waals surface area contributed by atoms with Gasteiger partial charge in [-0.25, -0.2) is 0 Å². The third-order valence-corrected chi connectivity index (χ3v) is 16.5. The van der Waals surface area contributed by atoms with E-state index >= 15 is 0 Å². The molecule has 3 nitrogen and oxygen atoms in total. The second kappa shape index (κ2) is 10.8. The molecule has 0 radical (unpaired) electrons. The number of hydrogen-bond acceptors (Lipinski definition) is 3. The zero-order valence-electron chi connectivity index (χ0n) is 25.8. The minimum Gasteiger partial charge on any atom is -0.397 e. The van der Waals surface area contributed by atoms with Crippen LogP contribution in [0.2, 0.25) is 0 Å². The van der Waals surface area contributed by atoms with E-state index in [1.807, 2.05) is 0 Å². The van der Waals surface area contributed by atoms with Crippen LogP contribution in [-0.4, -0.2) is 26.5 Å². The van der Waals surface area contributed by atoms with E-state index in [-0.39, 0.29) is 17.4 Å². The maximum atomic E-state index is 13.5. The first-order valence-electron chi connectivity index (χ1n) is 16.4. The van der Waals surface area contributed by atoms with Crippen molar-refractivity contribution in [2.24, 2.45) is 34.5 Å². The summed E-state index contributed by atoms with van der Waals surface area (Å²) in [5.41, 5.74) is 1.99. The molecule has 0 bridgehead atoms. The highest BCUT2D eigenvalue weighted by Crippen LogP contribution is 2.66. The lowest BCUT2D eigenvalue weighted by atomic mass is 9.44. The van der Waals surface area contributed by atoms with Crippen molar-refractivity contribution >= 4 is 35.9 Å². The average Bonchev–Trinajstić information content (AvgIpc) is 3.36. The zero-order valence-corrected chi connectivity index (χ0v) is 26.8. The summed E-state index contributed by atoms with van der Waals surface area (Å²) >= 11 is 0. The van der Waals surface area contributed by atoms with Gasteiger partial charge >= 0.3 is 0 Å². The largest absolute Gasteiger partial charge is 0.397 e. The Kier molecular flexibility index (Phi) is 7.21. The van der Waals surface area contributed by atoms with Gasteiger partial charge in [0, 0.05) is 11.8 Å². The summed E-state index contributed by atoms with van der Waals surface area (Å²) < 4.78 is 7.71. The summed E-state index contributed by atoms with van der Waals surface area (Å²) in [4.78, 5) is 26.5. The number of allylic oxidation sites excluding steroid dienone is 1. The minimum absolute atomic E-state index is 0.0659. The molecule has 0 heterocycles. The summed E-state index contributed by atoms with van der Waals surface area (Å²) in [7, 11) is -2.90. The number of ketones is 1. The lowest BCUT2D eigenvalue weighted by Gasteiger charge is -2.59. The van der Waals surface area contributed by atoms with Crippen LogP contribution in [0.5, 0.6) is 0 Å². The molecule has 4 aliphatic rings. The molecule has 4 heteroatoms. The van der Waals surface area contributed by atoms with Crippen LogP contribution in [-0.2, 0) is 14.0 Å². The molecule has 222 valence electrons.